The van der Waals surface area contributed by atoms with Gasteiger partial charge in [0.1, 0.15) is 41.4 Å². The van der Waals surface area contributed by atoms with E-state index in [1.165, 1.54) is 26.4 Å². The largest absolute Gasteiger partial charge is 0.495 e. The Morgan fingerprint density at radius 1 is 1.13 bits per heavy atom. The molecule has 8 nitrogen and oxygen atoms in total. The second-order valence-corrected chi connectivity index (χ2v) is 4.98. The maximum atomic E-state index is 12.0. The molecule has 1 rings (SSSR count). The number of aliphatic hydroxyl groups excluding tert-OH is 4. The second kappa shape index (κ2) is 8.90. The summed E-state index contributed by atoms with van der Waals surface area (Å²) in [5.74, 6) is -0.411. The zero-order valence-electron chi connectivity index (χ0n) is 12.6. The van der Waals surface area contributed by atoms with Crippen molar-refractivity contribution in [2.75, 3.05) is 27.4 Å². The molecule has 0 spiro atoms. The van der Waals surface area contributed by atoms with Crippen molar-refractivity contribution in [3.05, 3.63) is 22.7 Å². The minimum Gasteiger partial charge on any atom is -0.495 e. The van der Waals surface area contributed by atoms with Crippen molar-refractivity contribution in [2.24, 2.45) is 0 Å². The minimum absolute atomic E-state index is 0.0625. The number of carbonyl (C=O) groups is 1. The zero-order valence-corrected chi connectivity index (χ0v) is 13.4. The van der Waals surface area contributed by atoms with Gasteiger partial charge in [-0.1, -0.05) is 11.6 Å². The maximum Gasteiger partial charge on any atom is 0.338 e. The molecule has 0 aliphatic rings. The van der Waals surface area contributed by atoms with Crippen LogP contribution in [0.2, 0.25) is 5.02 Å². The third kappa shape index (κ3) is 4.95. The molecule has 130 valence electrons. The summed E-state index contributed by atoms with van der Waals surface area (Å²) in [5, 5.41) is 37.1. The van der Waals surface area contributed by atoms with Gasteiger partial charge in [-0.25, -0.2) is 4.79 Å². The van der Waals surface area contributed by atoms with Crippen LogP contribution in [0.3, 0.4) is 0 Å². The monoisotopic (exact) mass is 350 g/mol. The van der Waals surface area contributed by atoms with Crippen molar-refractivity contribution in [1.82, 2.24) is 0 Å². The highest BCUT2D eigenvalue weighted by Crippen LogP contribution is 2.35. The predicted molar refractivity (Wildman–Crippen MR) is 79.9 cm³/mol. The summed E-state index contributed by atoms with van der Waals surface area (Å²) < 4.78 is 14.9. The molecule has 0 aliphatic heterocycles. The van der Waals surface area contributed by atoms with Gasteiger partial charge in [0.25, 0.3) is 0 Å². The van der Waals surface area contributed by atoms with E-state index in [1.807, 2.05) is 0 Å². The molecule has 0 radical (unpaired) electrons. The van der Waals surface area contributed by atoms with Gasteiger partial charge < -0.3 is 34.6 Å². The van der Waals surface area contributed by atoms with Crippen LogP contribution >= 0.6 is 11.6 Å². The lowest BCUT2D eigenvalue weighted by atomic mass is 10.1. The van der Waals surface area contributed by atoms with E-state index < -0.39 is 37.5 Å². The molecule has 0 saturated carbocycles. The highest BCUT2D eigenvalue weighted by molar-refractivity contribution is 6.33. The highest BCUT2D eigenvalue weighted by atomic mass is 35.5. The second-order valence-electron chi connectivity index (χ2n) is 4.60. The molecule has 0 aliphatic carbocycles. The van der Waals surface area contributed by atoms with E-state index >= 15 is 0 Å². The third-order valence-electron chi connectivity index (χ3n) is 3.04. The average Bonchev–Trinajstić information content (AvgIpc) is 2.57. The Morgan fingerprint density at radius 3 is 2.09 bits per heavy atom. The standard InChI is InChI=1S/C14H19ClO8/c1-21-10-3-7(4-11(22-2)12(10)15)14(20)23-6-9(18)13(19)8(17)5-16/h3-4,8-9,13,16-19H,5-6H2,1-2H3. The smallest absolute Gasteiger partial charge is 0.338 e. The molecule has 1 aromatic rings. The Morgan fingerprint density at radius 2 is 1.65 bits per heavy atom. The van der Waals surface area contributed by atoms with E-state index in [0.29, 0.717) is 0 Å². The molecular formula is C14H19ClO8. The quantitative estimate of drug-likeness (QED) is 0.466. The first kappa shape index (κ1) is 19.5. The number of rotatable bonds is 8. The Bertz CT molecular complexity index is 511. The number of benzene rings is 1. The maximum absolute atomic E-state index is 12.0. The molecule has 0 bridgehead atoms. The van der Waals surface area contributed by atoms with Crippen molar-refractivity contribution < 1.29 is 39.4 Å². The fourth-order valence-electron chi connectivity index (χ4n) is 1.69. The number of esters is 1. The number of halogens is 1. The zero-order chi connectivity index (χ0) is 17.6. The van der Waals surface area contributed by atoms with Crippen LogP contribution in [0, 0.1) is 0 Å². The molecule has 0 fully saturated rings. The Labute approximate surface area is 137 Å². The summed E-state index contributed by atoms with van der Waals surface area (Å²) in [6.45, 7) is -1.32. The van der Waals surface area contributed by atoms with Gasteiger partial charge in [-0.05, 0) is 12.1 Å². The molecular weight excluding hydrogens is 332 g/mol. The van der Waals surface area contributed by atoms with Crippen LogP contribution in [0.5, 0.6) is 11.5 Å². The fraction of sp³-hybridized carbons (Fsp3) is 0.500. The van der Waals surface area contributed by atoms with E-state index in [1.54, 1.807) is 0 Å². The van der Waals surface area contributed by atoms with E-state index in [2.05, 4.69) is 0 Å². The van der Waals surface area contributed by atoms with Gasteiger partial charge in [0.15, 0.2) is 0 Å². The number of carbonyl (C=O) groups excluding carboxylic acids is 1. The molecule has 0 aromatic heterocycles. The van der Waals surface area contributed by atoms with Gasteiger partial charge in [0.2, 0.25) is 0 Å². The van der Waals surface area contributed by atoms with Crippen LogP contribution in [0.1, 0.15) is 10.4 Å². The lowest BCUT2D eigenvalue weighted by molar-refractivity contribution is -0.0925. The number of aliphatic hydroxyl groups is 4. The van der Waals surface area contributed by atoms with E-state index in [-0.39, 0.29) is 22.1 Å². The summed E-state index contributed by atoms with van der Waals surface area (Å²) in [6, 6.07) is 2.66. The summed E-state index contributed by atoms with van der Waals surface area (Å²) >= 11 is 5.98. The van der Waals surface area contributed by atoms with Crippen molar-refractivity contribution in [3.63, 3.8) is 0 Å². The van der Waals surface area contributed by atoms with Gasteiger partial charge in [0.05, 0.1) is 26.4 Å². The Kier molecular flexibility index (Phi) is 7.53. The number of hydrogen-bond acceptors (Lipinski definition) is 8. The Hall–Kier alpha value is -1.58. The van der Waals surface area contributed by atoms with Crippen molar-refractivity contribution in [1.29, 1.82) is 0 Å². The van der Waals surface area contributed by atoms with Crippen LogP contribution in [0.15, 0.2) is 12.1 Å². The van der Waals surface area contributed by atoms with Crippen molar-refractivity contribution >= 4 is 17.6 Å². The van der Waals surface area contributed by atoms with Gasteiger partial charge in [-0.15, -0.1) is 0 Å². The van der Waals surface area contributed by atoms with Crippen LogP contribution in [0.25, 0.3) is 0 Å². The molecule has 0 heterocycles. The number of methoxy groups -OCH3 is 2. The molecule has 23 heavy (non-hydrogen) atoms. The minimum atomic E-state index is -1.65. The summed E-state index contributed by atoms with van der Waals surface area (Å²) in [4.78, 5) is 12.0. The molecule has 9 heteroatoms. The molecule has 4 N–H and O–H groups in total. The van der Waals surface area contributed by atoms with E-state index in [4.69, 9.17) is 30.9 Å². The van der Waals surface area contributed by atoms with Crippen LogP contribution in [-0.2, 0) is 4.74 Å². The van der Waals surface area contributed by atoms with E-state index in [0.717, 1.165) is 0 Å². The predicted octanol–water partition coefficient (Wildman–Crippen LogP) is -0.411. The van der Waals surface area contributed by atoms with E-state index in [9.17, 15) is 20.1 Å². The summed E-state index contributed by atoms with van der Waals surface area (Å²) in [7, 11) is 2.73. The number of ether oxygens (including phenoxy) is 3. The van der Waals surface area contributed by atoms with Gasteiger partial charge >= 0.3 is 5.97 Å². The molecule has 1 aromatic carbocycles. The van der Waals surface area contributed by atoms with Crippen LogP contribution in [0.4, 0.5) is 0 Å². The first-order valence-corrected chi connectivity index (χ1v) is 6.97. The van der Waals surface area contributed by atoms with Crippen LogP contribution in [-0.4, -0.2) is 72.1 Å². The topological polar surface area (TPSA) is 126 Å². The first-order valence-electron chi connectivity index (χ1n) is 6.59. The van der Waals surface area contributed by atoms with Crippen LogP contribution < -0.4 is 9.47 Å². The molecule has 3 atom stereocenters. The van der Waals surface area contributed by atoms with Gasteiger partial charge in [-0.2, -0.15) is 0 Å². The highest BCUT2D eigenvalue weighted by Gasteiger charge is 2.26. The summed E-state index contributed by atoms with van der Waals surface area (Å²) in [6.07, 6.45) is -4.75. The first-order chi connectivity index (χ1) is 10.8. The lowest BCUT2D eigenvalue weighted by Crippen LogP contribution is -2.42. The normalized spacial score (nSPS) is 14.7. The molecule has 0 saturated heterocycles. The molecule has 0 amide bonds. The lowest BCUT2D eigenvalue weighted by Gasteiger charge is -2.21. The van der Waals surface area contributed by atoms with Crippen molar-refractivity contribution in [2.45, 2.75) is 18.3 Å². The van der Waals surface area contributed by atoms with Crippen molar-refractivity contribution in [3.8, 4) is 11.5 Å². The molecule has 3 unspecified atom stereocenters. The average molecular weight is 351 g/mol. The third-order valence-corrected chi connectivity index (χ3v) is 3.41. The SMILES string of the molecule is COc1cc(C(=O)OCC(O)C(O)C(O)CO)cc(OC)c1Cl. The fourth-order valence-corrected chi connectivity index (χ4v) is 1.96. The summed E-state index contributed by atoms with van der Waals surface area (Å²) in [5.41, 5.74) is 0.0625. The van der Waals surface area contributed by atoms with Gasteiger partial charge in [-0.3, -0.25) is 0 Å². The number of hydrogen-bond donors (Lipinski definition) is 4. The Balaban J connectivity index is 2.79. The van der Waals surface area contributed by atoms with Gasteiger partial charge in [0, 0.05) is 0 Å².